The van der Waals surface area contributed by atoms with Gasteiger partial charge >= 0.3 is 0 Å². The largest absolute Gasteiger partial charge is 0.366 e. The van der Waals surface area contributed by atoms with Gasteiger partial charge in [0.05, 0.1) is 0 Å². The van der Waals surface area contributed by atoms with Gasteiger partial charge < -0.3 is 5.73 Å². The fraction of sp³-hybridized carbons (Fsp3) is 0.111. The molecule has 0 aliphatic carbocycles. The molecule has 3 N–H and O–H groups in total. The summed E-state index contributed by atoms with van der Waals surface area (Å²) in [6, 6.07) is 5.95. The van der Waals surface area contributed by atoms with E-state index in [1.165, 1.54) is 0 Å². The number of hydrogen-bond acceptors (Lipinski definition) is 3. The molecule has 0 fully saturated rings. The molecule has 0 saturated carbocycles. The number of aryl methyl sites for hydroxylation is 1. The van der Waals surface area contributed by atoms with E-state index in [4.69, 9.17) is 5.73 Å². The van der Waals surface area contributed by atoms with Crippen molar-refractivity contribution >= 4 is 21.9 Å². The van der Waals surface area contributed by atoms with Crippen LogP contribution in [0.25, 0.3) is 11.4 Å². The first-order chi connectivity index (χ1) is 6.66. The van der Waals surface area contributed by atoms with Gasteiger partial charge in [0.2, 0.25) is 5.95 Å². The summed E-state index contributed by atoms with van der Waals surface area (Å²) in [7, 11) is 0. The van der Waals surface area contributed by atoms with Crippen molar-refractivity contribution in [3.05, 3.63) is 28.2 Å². The number of nitrogens with one attached hydrogen (secondary N) is 1. The van der Waals surface area contributed by atoms with Gasteiger partial charge in [-0.25, -0.2) is 0 Å². The molecule has 0 unspecified atom stereocenters. The van der Waals surface area contributed by atoms with Gasteiger partial charge in [-0.3, -0.25) is 5.10 Å². The maximum Gasteiger partial charge on any atom is 0.239 e. The summed E-state index contributed by atoms with van der Waals surface area (Å²) in [6.07, 6.45) is 0. The highest BCUT2D eigenvalue weighted by Crippen LogP contribution is 2.23. The van der Waals surface area contributed by atoms with Crippen LogP contribution in [0.5, 0.6) is 0 Å². The summed E-state index contributed by atoms with van der Waals surface area (Å²) < 4.78 is 1.05. The molecule has 5 heteroatoms. The van der Waals surface area contributed by atoms with Crippen LogP contribution in [0.1, 0.15) is 5.56 Å². The van der Waals surface area contributed by atoms with Crippen LogP contribution >= 0.6 is 15.9 Å². The predicted octanol–water partition coefficient (Wildman–Crippen LogP) is 2.12. The van der Waals surface area contributed by atoms with Crippen molar-refractivity contribution in [2.45, 2.75) is 6.92 Å². The number of aromatic nitrogens is 3. The summed E-state index contributed by atoms with van der Waals surface area (Å²) in [6.45, 7) is 2.01. The fourth-order valence-corrected chi connectivity index (χ4v) is 1.76. The van der Waals surface area contributed by atoms with Crippen LogP contribution in [-0.4, -0.2) is 15.2 Å². The number of anilines is 1. The number of benzene rings is 1. The minimum Gasteiger partial charge on any atom is -0.366 e. The third kappa shape index (κ3) is 1.63. The zero-order chi connectivity index (χ0) is 10.1. The van der Waals surface area contributed by atoms with Gasteiger partial charge in [-0.2, -0.15) is 4.98 Å². The number of hydrogen-bond donors (Lipinski definition) is 2. The van der Waals surface area contributed by atoms with Gasteiger partial charge in [0.15, 0.2) is 5.82 Å². The van der Waals surface area contributed by atoms with Gasteiger partial charge in [0.1, 0.15) is 0 Å². The van der Waals surface area contributed by atoms with Crippen LogP contribution in [0.15, 0.2) is 22.7 Å². The Morgan fingerprint density at radius 2 is 2.21 bits per heavy atom. The third-order valence-electron chi connectivity index (χ3n) is 1.95. The summed E-state index contributed by atoms with van der Waals surface area (Å²) in [4.78, 5) is 4.07. The molecule has 72 valence electrons. The first kappa shape index (κ1) is 9.21. The van der Waals surface area contributed by atoms with E-state index >= 15 is 0 Å². The lowest BCUT2D eigenvalue weighted by Gasteiger charge is -2.01. The molecule has 0 aliphatic rings. The first-order valence-corrected chi connectivity index (χ1v) is 4.90. The Morgan fingerprint density at radius 3 is 2.79 bits per heavy atom. The first-order valence-electron chi connectivity index (χ1n) is 4.11. The highest BCUT2D eigenvalue weighted by molar-refractivity contribution is 9.10. The Balaban J connectivity index is 2.52. The van der Waals surface area contributed by atoms with Crippen LogP contribution < -0.4 is 5.73 Å². The lowest BCUT2D eigenvalue weighted by molar-refractivity contribution is 1.10. The summed E-state index contributed by atoms with van der Waals surface area (Å²) in [5.74, 6) is 0.967. The van der Waals surface area contributed by atoms with E-state index in [2.05, 4.69) is 31.1 Å². The van der Waals surface area contributed by atoms with E-state index in [1.807, 2.05) is 25.1 Å². The highest BCUT2D eigenvalue weighted by Gasteiger charge is 2.06. The Hall–Kier alpha value is -1.36. The number of rotatable bonds is 1. The van der Waals surface area contributed by atoms with Crippen LogP contribution in [-0.2, 0) is 0 Å². The molecule has 1 heterocycles. The summed E-state index contributed by atoms with van der Waals surface area (Å²) in [5, 5.41) is 6.57. The normalized spacial score (nSPS) is 10.4. The van der Waals surface area contributed by atoms with Crippen LogP contribution in [0, 0.1) is 6.92 Å². The second-order valence-corrected chi connectivity index (χ2v) is 3.92. The number of halogens is 1. The van der Waals surface area contributed by atoms with E-state index in [1.54, 1.807) is 0 Å². The molecule has 1 aromatic heterocycles. The standard InChI is InChI=1S/C9H9BrN4/c1-5-4-6(10)2-3-7(5)8-12-9(11)14-13-8/h2-4H,1H3,(H3,11,12,13,14). The molecular weight excluding hydrogens is 244 g/mol. The van der Waals surface area contributed by atoms with E-state index < -0.39 is 0 Å². The molecule has 0 spiro atoms. The average molecular weight is 253 g/mol. The summed E-state index contributed by atoms with van der Waals surface area (Å²) >= 11 is 3.40. The maximum atomic E-state index is 5.43. The Labute approximate surface area is 89.7 Å². The zero-order valence-corrected chi connectivity index (χ0v) is 9.17. The number of H-pyrrole nitrogens is 1. The Bertz CT molecular complexity index is 464. The maximum absolute atomic E-state index is 5.43. The molecule has 0 atom stereocenters. The van der Waals surface area contributed by atoms with Crippen molar-refractivity contribution in [2.75, 3.05) is 5.73 Å². The van der Waals surface area contributed by atoms with Gasteiger partial charge in [-0.1, -0.05) is 15.9 Å². The number of nitrogens with zero attached hydrogens (tertiary/aromatic N) is 2. The molecule has 0 bridgehead atoms. The van der Waals surface area contributed by atoms with Crippen LogP contribution in [0.4, 0.5) is 5.95 Å². The molecule has 0 aliphatic heterocycles. The fourth-order valence-electron chi connectivity index (χ4n) is 1.29. The quantitative estimate of drug-likeness (QED) is 0.817. The van der Waals surface area contributed by atoms with Gasteiger partial charge in [-0.05, 0) is 30.7 Å². The average Bonchev–Trinajstić information content (AvgIpc) is 2.51. The van der Waals surface area contributed by atoms with E-state index in [0.29, 0.717) is 5.82 Å². The second kappa shape index (κ2) is 3.42. The van der Waals surface area contributed by atoms with Crippen LogP contribution in [0.3, 0.4) is 0 Å². The molecule has 4 nitrogen and oxygen atoms in total. The predicted molar refractivity (Wildman–Crippen MR) is 58.7 cm³/mol. The SMILES string of the molecule is Cc1cc(Br)ccc1-c1nc(N)n[nH]1. The van der Waals surface area contributed by atoms with E-state index in [9.17, 15) is 0 Å². The molecule has 0 saturated heterocycles. The minimum absolute atomic E-state index is 0.266. The lowest BCUT2D eigenvalue weighted by Crippen LogP contribution is -1.87. The summed E-state index contributed by atoms with van der Waals surface area (Å²) in [5.41, 5.74) is 7.57. The molecule has 14 heavy (non-hydrogen) atoms. The van der Waals surface area contributed by atoms with Crippen molar-refractivity contribution in [2.24, 2.45) is 0 Å². The minimum atomic E-state index is 0.266. The van der Waals surface area contributed by atoms with Crippen molar-refractivity contribution in [3.8, 4) is 11.4 Å². The Kier molecular flexibility index (Phi) is 2.25. The smallest absolute Gasteiger partial charge is 0.239 e. The molecular formula is C9H9BrN4. The highest BCUT2D eigenvalue weighted by atomic mass is 79.9. The van der Waals surface area contributed by atoms with Gasteiger partial charge in [-0.15, -0.1) is 5.10 Å². The van der Waals surface area contributed by atoms with E-state index in [-0.39, 0.29) is 5.95 Å². The Morgan fingerprint density at radius 1 is 1.43 bits per heavy atom. The van der Waals surface area contributed by atoms with Gasteiger partial charge in [0, 0.05) is 10.0 Å². The third-order valence-corrected chi connectivity index (χ3v) is 2.44. The van der Waals surface area contributed by atoms with Crippen LogP contribution in [0.2, 0.25) is 0 Å². The number of aromatic amines is 1. The van der Waals surface area contributed by atoms with Crippen molar-refractivity contribution in [3.63, 3.8) is 0 Å². The molecule has 2 rings (SSSR count). The zero-order valence-electron chi connectivity index (χ0n) is 7.58. The second-order valence-electron chi connectivity index (χ2n) is 3.00. The molecule has 1 aromatic carbocycles. The van der Waals surface area contributed by atoms with Crippen molar-refractivity contribution < 1.29 is 0 Å². The van der Waals surface area contributed by atoms with Crippen molar-refractivity contribution in [1.82, 2.24) is 15.2 Å². The number of nitrogens with two attached hydrogens (primary N) is 1. The topological polar surface area (TPSA) is 67.6 Å². The lowest BCUT2D eigenvalue weighted by atomic mass is 10.1. The van der Waals surface area contributed by atoms with Gasteiger partial charge in [0.25, 0.3) is 0 Å². The molecule has 2 aromatic rings. The molecule has 0 radical (unpaired) electrons. The number of nitrogen functional groups attached to an aromatic ring is 1. The molecule has 0 amide bonds. The monoisotopic (exact) mass is 252 g/mol. The van der Waals surface area contributed by atoms with Crippen molar-refractivity contribution in [1.29, 1.82) is 0 Å². The van der Waals surface area contributed by atoms with E-state index in [0.717, 1.165) is 15.6 Å².